The molecule has 0 saturated heterocycles. The summed E-state index contributed by atoms with van der Waals surface area (Å²) in [4.78, 5) is 12.0. The molecule has 6 nitrogen and oxygen atoms in total. The maximum absolute atomic E-state index is 12.0. The van der Waals surface area contributed by atoms with Crippen molar-refractivity contribution in [1.82, 2.24) is 0 Å². The molecule has 0 bridgehead atoms. The van der Waals surface area contributed by atoms with Gasteiger partial charge in [-0.15, -0.1) is 0 Å². The van der Waals surface area contributed by atoms with Crippen LogP contribution in [0.2, 0.25) is 0 Å². The summed E-state index contributed by atoms with van der Waals surface area (Å²) < 4.78 is 40.8. The summed E-state index contributed by atoms with van der Waals surface area (Å²) in [7, 11) is -2.09. The number of carbonyl (C=O) groups is 1. The summed E-state index contributed by atoms with van der Waals surface area (Å²) in [5.74, 6) is -1.23. The molecule has 2 unspecified atom stereocenters. The van der Waals surface area contributed by atoms with Gasteiger partial charge in [0.05, 0.1) is 14.2 Å². The molecule has 1 N–H and O–H groups in total. The molecule has 2 atom stereocenters. The molecule has 0 spiro atoms. The van der Waals surface area contributed by atoms with E-state index in [1.54, 1.807) is 31.2 Å². The lowest BCUT2D eigenvalue weighted by Crippen LogP contribution is -2.49. The summed E-state index contributed by atoms with van der Waals surface area (Å²) >= 11 is 0. The second-order valence-corrected chi connectivity index (χ2v) is 6.61. The first-order valence-electron chi connectivity index (χ1n) is 6.41. The topological polar surface area (TPSA) is 89.9 Å². The number of rotatable bonds is 6. The number of methoxy groups -OCH3 is 2. The molecule has 1 aromatic carbocycles. The third kappa shape index (κ3) is 3.19. The average molecular weight is 316 g/mol. The molecule has 1 aromatic rings. The van der Waals surface area contributed by atoms with Gasteiger partial charge in [0.2, 0.25) is 0 Å². The van der Waals surface area contributed by atoms with Crippen LogP contribution in [0.5, 0.6) is 5.75 Å². The number of esters is 1. The van der Waals surface area contributed by atoms with Gasteiger partial charge in [0.1, 0.15) is 5.75 Å². The van der Waals surface area contributed by atoms with Crippen LogP contribution in [0.25, 0.3) is 0 Å². The second kappa shape index (κ2) is 6.44. The van der Waals surface area contributed by atoms with Crippen molar-refractivity contribution in [3.63, 3.8) is 0 Å². The van der Waals surface area contributed by atoms with Crippen LogP contribution in [0.3, 0.4) is 0 Å². The molecule has 0 amide bonds. The largest absolute Gasteiger partial charge is 0.497 e. The Morgan fingerprint density at radius 1 is 1.38 bits per heavy atom. The third-order valence-electron chi connectivity index (χ3n) is 3.70. The van der Waals surface area contributed by atoms with Gasteiger partial charge < -0.3 is 9.47 Å². The highest BCUT2D eigenvalue weighted by Crippen LogP contribution is 2.39. The Hall–Kier alpha value is -1.60. The van der Waals surface area contributed by atoms with Gasteiger partial charge in [0.15, 0.2) is 4.75 Å². The predicted molar refractivity (Wildman–Crippen MR) is 78.0 cm³/mol. The van der Waals surface area contributed by atoms with Gasteiger partial charge in [0.25, 0.3) is 10.1 Å². The maximum atomic E-state index is 12.0. The van der Waals surface area contributed by atoms with E-state index in [0.717, 1.165) is 7.11 Å². The van der Waals surface area contributed by atoms with Gasteiger partial charge in [-0.3, -0.25) is 9.35 Å². The van der Waals surface area contributed by atoms with Gasteiger partial charge in [-0.25, -0.2) is 0 Å². The molecule has 0 heterocycles. The summed E-state index contributed by atoms with van der Waals surface area (Å²) in [6.45, 7) is 2.90. The van der Waals surface area contributed by atoms with E-state index < -0.39 is 26.8 Å². The quantitative estimate of drug-likeness (QED) is 0.638. The zero-order chi connectivity index (χ0) is 16.3. The zero-order valence-corrected chi connectivity index (χ0v) is 13.3. The molecule has 0 aliphatic rings. The number of ether oxygens (including phenoxy) is 2. The lowest BCUT2D eigenvalue weighted by Gasteiger charge is -2.32. The van der Waals surface area contributed by atoms with Crippen molar-refractivity contribution in [3.05, 3.63) is 29.8 Å². The molecule has 21 heavy (non-hydrogen) atoms. The minimum atomic E-state index is -4.67. The third-order valence-corrected chi connectivity index (χ3v) is 5.22. The van der Waals surface area contributed by atoms with Crippen LogP contribution < -0.4 is 4.74 Å². The molecule has 0 aromatic heterocycles. The Morgan fingerprint density at radius 2 is 2.00 bits per heavy atom. The van der Waals surface area contributed by atoms with Crippen molar-refractivity contribution in [1.29, 1.82) is 0 Å². The van der Waals surface area contributed by atoms with Gasteiger partial charge in [-0.1, -0.05) is 19.1 Å². The van der Waals surface area contributed by atoms with Crippen molar-refractivity contribution in [2.45, 2.75) is 30.9 Å². The van der Waals surface area contributed by atoms with Crippen molar-refractivity contribution < 1.29 is 27.2 Å². The highest BCUT2D eigenvalue weighted by molar-refractivity contribution is 7.88. The highest BCUT2D eigenvalue weighted by atomic mass is 32.2. The van der Waals surface area contributed by atoms with Gasteiger partial charge in [0, 0.05) is 5.92 Å². The van der Waals surface area contributed by atoms with Crippen LogP contribution in [0.1, 0.15) is 31.7 Å². The van der Waals surface area contributed by atoms with Gasteiger partial charge >= 0.3 is 5.97 Å². The van der Waals surface area contributed by atoms with Gasteiger partial charge in [-0.2, -0.15) is 8.42 Å². The minimum Gasteiger partial charge on any atom is -0.497 e. The lowest BCUT2D eigenvalue weighted by atomic mass is 9.84. The molecule has 0 aliphatic carbocycles. The Morgan fingerprint density at radius 3 is 2.43 bits per heavy atom. The van der Waals surface area contributed by atoms with Crippen LogP contribution >= 0.6 is 0 Å². The smallest absolute Gasteiger partial charge is 0.330 e. The van der Waals surface area contributed by atoms with Crippen molar-refractivity contribution in [2.75, 3.05) is 14.2 Å². The van der Waals surface area contributed by atoms with E-state index in [2.05, 4.69) is 4.74 Å². The molecular formula is C14H20O6S. The summed E-state index contributed by atoms with van der Waals surface area (Å²) in [5.41, 5.74) is 0.572. The highest BCUT2D eigenvalue weighted by Gasteiger charge is 2.53. The van der Waals surface area contributed by atoms with Crippen LogP contribution in [0.15, 0.2) is 24.3 Å². The normalized spacial score (nSPS) is 15.9. The fourth-order valence-electron chi connectivity index (χ4n) is 2.43. The van der Waals surface area contributed by atoms with E-state index in [1.165, 1.54) is 14.0 Å². The van der Waals surface area contributed by atoms with Crippen LogP contribution in [0.4, 0.5) is 0 Å². The van der Waals surface area contributed by atoms with Crippen LogP contribution in [-0.4, -0.2) is 37.9 Å². The number of carbonyl (C=O) groups excluding carboxylic acids is 1. The molecular weight excluding hydrogens is 296 g/mol. The molecule has 0 aliphatic heterocycles. The zero-order valence-electron chi connectivity index (χ0n) is 12.5. The Labute approximate surface area is 124 Å². The van der Waals surface area contributed by atoms with E-state index in [1.807, 2.05) is 0 Å². The first-order chi connectivity index (χ1) is 9.72. The van der Waals surface area contributed by atoms with Gasteiger partial charge in [-0.05, 0) is 31.0 Å². The summed E-state index contributed by atoms with van der Waals surface area (Å²) in [6, 6.07) is 6.72. The summed E-state index contributed by atoms with van der Waals surface area (Å²) in [5, 5.41) is 0. The van der Waals surface area contributed by atoms with Crippen LogP contribution in [0, 0.1) is 0 Å². The van der Waals surface area contributed by atoms with E-state index in [4.69, 9.17) is 4.74 Å². The number of benzene rings is 1. The monoisotopic (exact) mass is 316 g/mol. The van der Waals surface area contributed by atoms with E-state index in [9.17, 15) is 17.8 Å². The molecule has 0 radical (unpaired) electrons. The fraction of sp³-hybridized carbons (Fsp3) is 0.500. The molecule has 0 fully saturated rings. The lowest BCUT2D eigenvalue weighted by molar-refractivity contribution is -0.144. The Balaban J connectivity index is 3.48. The van der Waals surface area contributed by atoms with Crippen molar-refractivity contribution in [3.8, 4) is 5.75 Å². The van der Waals surface area contributed by atoms with E-state index >= 15 is 0 Å². The Bertz CT molecular complexity index is 610. The average Bonchev–Trinajstić information content (AvgIpc) is 2.45. The fourth-order valence-corrected chi connectivity index (χ4v) is 3.39. The standard InChI is InChI=1S/C14H20O6S/c1-5-12(10-7-6-8-11(9-10)19-3)14(2,13(15)20-4)21(16,17)18/h6-9,12H,5H2,1-4H3,(H,16,17,18). The maximum Gasteiger partial charge on any atom is 0.330 e. The minimum absolute atomic E-state index is 0.318. The number of hydrogen-bond acceptors (Lipinski definition) is 5. The predicted octanol–water partition coefficient (Wildman–Crippen LogP) is 2.01. The summed E-state index contributed by atoms with van der Waals surface area (Å²) in [6.07, 6.45) is 0.318. The number of hydrogen-bond donors (Lipinski definition) is 1. The van der Waals surface area contributed by atoms with Crippen LogP contribution in [-0.2, 0) is 19.6 Å². The SMILES string of the molecule is CCC(c1cccc(OC)c1)C(C)(C(=O)OC)S(=O)(=O)O. The first kappa shape index (κ1) is 17.5. The van der Waals surface area contributed by atoms with Crippen molar-refractivity contribution in [2.24, 2.45) is 0 Å². The first-order valence-corrected chi connectivity index (χ1v) is 7.85. The van der Waals surface area contributed by atoms with E-state index in [0.29, 0.717) is 17.7 Å². The molecule has 1 rings (SSSR count). The van der Waals surface area contributed by atoms with Crippen molar-refractivity contribution >= 4 is 16.1 Å². The second-order valence-electron chi connectivity index (χ2n) is 4.81. The molecule has 0 saturated carbocycles. The molecule has 7 heteroatoms. The Kier molecular flexibility index (Phi) is 5.36. The van der Waals surface area contributed by atoms with E-state index in [-0.39, 0.29) is 0 Å². The molecule has 118 valence electrons.